The van der Waals surface area contributed by atoms with Crippen molar-refractivity contribution in [1.29, 1.82) is 0 Å². The molecule has 0 atom stereocenters. The topological polar surface area (TPSA) is 59.2 Å². The normalized spacial score (nSPS) is 18.7. The summed E-state index contributed by atoms with van der Waals surface area (Å²) in [5, 5.41) is 0.359. The lowest BCUT2D eigenvalue weighted by atomic mass is 9.84. The molecule has 0 saturated carbocycles. The minimum Gasteiger partial charge on any atom is -0.384 e. The van der Waals surface area contributed by atoms with Crippen LogP contribution in [0.4, 0.5) is 5.82 Å². The first-order valence-corrected chi connectivity index (χ1v) is 6.48. The van der Waals surface area contributed by atoms with Crippen molar-refractivity contribution < 1.29 is 4.79 Å². The Balaban J connectivity index is 2.23. The lowest BCUT2D eigenvalue weighted by Gasteiger charge is -2.37. The molecule has 0 aromatic carbocycles. The summed E-state index contributed by atoms with van der Waals surface area (Å²) >= 11 is 6.02. The SMILES string of the molecule is CC1(C)CCCN(C(=O)c2nc(N)ccc2Cl)C1. The number of anilines is 1. The van der Waals surface area contributed by atoms with Gasteiger partial charge in [-0.3, -0.25) is 4.79 Å². The van der Waals surface area contributed by atoms with Crippen LogP contribution in [-0.2, 0) is 0 Å². The fraction of sp³-hybridized carbons (Fsp3) is 0.538. The molecule has 0 spiro atoms. The number of aromatic nitrogens is 1. The van der Waals surface area contributed by atoms with Gasteiger partial charge in [-0.2, -0.15) is 0 Å². The fourth-order valence-electron chi connectivity index (χ4n) is 2.35. The zero-order valence-electron chi connectivity index (χ0n) is 10.7. The molecule has 0 aliphatic carbocycles. The van der Waals surface area contributed by atoms with Crippen LogP contribution in [0.3, 0.4) is 0 Å². The molecule has 98 valence electrons. The van der Waals surface area contributed by atoms with Crippen LogP contribution in [-0.4, -0.2) is 28.9 Å². The minimum atomic E-state index is -0.125. The molecule has 4 nitrogen and oxygen atoms in total. The number of halogens is 1. The first-order chi connectivity index (χ1) is 8.39. The van der Waals surface area contributed by atoms with E-state index in [-0.39, 0.29) is 17.0 Å². The second kappa shape index (κ2) is 4.76. The highest BCUT2D eigenvalue weighted by Gasteiger charge is 2.30. The summed E-state index contributed by atoms with van der Waals surface area (Å²) in [5.74, 6) is 0.194. The maximum Gasteiger partial charge on any atom is 0.274 e. The van der Waals surface area contributed by atoms with Crippen LogP contribution in [0, 0.1) is 5.41 Å². The van der Waals surface area contributed by atoms with E-state index < -0.39 is 0 Å². The zero-order chi connectivity index (χ0) is 13.3. The van der Waals surface area contributed by atoms with E-state index in [0.717, 1.165) is 25.9 Å². The van der Waals surface area contributed by atoms with E-state index in [4.69, 9.17) is 17.3 Å². The first-order valence-electron chi connectivity index (χ1n) is 6.10. The number of hydrogen-bond acceptors (Lipinski definition) is 3. The van der Waals surface area contributed by atoms with Crippen LogP contribution >= 0.6 is 11.6 Å². The summed E-state index contributed by atoms with van der Waals surface area (Å²) < 4.78 is 0. The highest BCUT2D eigenvalue weighted by molar-refractivity contribution is 6.33. The van der Waals surface area contributed by atoms with Crippen LogP contribution in [0.15, 0.2) is 12.1 Å². The molecule has 18 heavy (non-hydrogen) atoms. The van der Waals surface area contributed by atoms with E-state index in [1.54, 1.807) is 12.1 Å². The van der Waals surface area contributed by atoms with Gasteiger partial charge in [-0.05, 0) is 30.4 Å². The van der Waals surface area contributed by atoms with Crippen molar-refractivity contribution in [3.8, 4) is 0 Å². The third kappa shape index (κ3) is 2.75. The Morgan fingerprint density at radius 1 is 1.50 bits per heavy atom. The lowest BCUT2D eigenvalue weighted by Crippen LogP contribution is -2.43. The maximum absolute atomic E-state index is 12.4. The van der Waals surface area contributed by atoms with Crippen LogP contribution in [0.2, 0.25) is 5.02 Å². The number of amides is 1. The molecule has 2 heterocycles. The molecule has 2 rings (SSSR count). The largest absolute Gasteiger partial charge is 0.384 e. The Kier molecular flexibility index (Phi) is 3.48. The molecular weight excluding hydrogens is 250 g/mol. The Bertz CT molecular complexity index is 473. The number of nitrogens with zero attached hydrogens (tertiary/aromatic N) is 2. The van der Waals surface area contributed by atoms with Crippen LogP contribution in [0.5, 0.6) is 0 Å². The summed E-state index contributed by atoms with van der Waals surface area (Å²) in [5.41, 5.74) is 6.02. The molecule has 0 unspecified atom stereocenters. The minimum absolute atomic E-state index is 0.125. The highest BCUT2D eigenvalue weighted by Crippen LogP contribution is 2.29. The van der Waals surface area contributed by atoms with Crippen molar-refractivity contribution in [3.63, 3.8) is 0 Å². The van der Waals surface area contributed by atoms with Gasteiger partial charge in [0, 0.05) is 13.1 Å². The standard InChI is InChI=1S/C13H18ClN3O/c1-13(2)6-3-7-17(8-13)12(18)11-9(14)4-5-10(15)16-11/h4-5H,3,6-8H2,1-2H3,(H2,15,16). The van der Waals surface area contributed by atoms with Gasteiger partial charge >= 0.3 is 0 Å². The monoisotopic (exact) mass is 267 g/mol. The number of piperidine rings is 1. The van der Waals surface area contributed by atoms with Gasteiger partial charge in [0.25, 0.3) is 5.91 Å². The van der Waals surface area contributed by atoms with Gasteiger partial charge in [-0.25, -0.2) is 4.98 Å². The first kappa shape index (κ1) is 13.1. The smallest absolute Gasteiger partial charge is 0.274 e. The molecule has 1 aliphatic rings. The molecule has 1 saturated heterocycles. The van der Waals surface area contributed by atoms with E-state index in [0.29, 0.717) is 10.8 Å². The fourth-order valence-corrected chi connectivity index (χ4v) is 2.54. The molecule has 1 aromatic heterocycles. The van der Waals surface area contributed by atoms with Crippen LogP contribution in [0.25, 0.3) is 0 Å². The molecule has 1 amide bonds. The number of carbonyl (C=O) groups excluding carboxylic acids is 1. The molecule has 0 radical (unpaired) electrons. The number of nitrogens with two attached hydrogens (primary N) is 1. The molecule has 1 aliphatic heterocycles. The van der Waals surface area contributed by atoms with Gasteiger partial charge in [0.15, 0.2) is 0 Å². The van der Waals surface area contributed by atoms with Crippen molar-refractivity contribution in [2.45, 2.75) is 26.7 Å². The van der Waals surface area contributed by atoms with Crippen molar-refractivity contribution >= 4 is 23.3 Å². The average Bonchev–Trinajstić information content (AvgIpc) is 2.30. The average molecular weight is 268 g/mol. The van der Waals surface area contributed by atoms with Gasteiger partial charge in [-0.15, -0.1) is 0 Å². The zero-order valence-corrected chi connectivity index (χ0v) is 11.5. The predicted octanol–water partition coefficient (Wildman–Crippen LogP) is 2.58. The summed E-state index contributed by atoms with van der Waals surface area (Å²) in [4.78, 5) is 18.3. The predicted molar refractivity (Wildman–Crippen MR) is 72.6 cm³/mol. The van der Waals surface area contributed by atoms with Crippen LogP contribution in [0.1, 0.15) is 37.2 Å². The number of nitrogen functional groups attached to an aromatic ring is 1. The summed E-state index contributed by atoms with van der Waals surface area (Å²) in [7, 11) is 0. The summed E-state index contributed by atoms with van der Waals surface area (Å²) in [6, 6.07) is 3.21. The number of carbonyl (C=O) groups is 1. The van der Waals surface area contributed by atoms with Gasteiger partial charge in [0.2, 0.25) is 0 Å². The Morgan fingerprint density at radius 3 is 2.89 bits per heavy atom. The molecule has 1 fully saturated rings. The van der Waals surface area contributed by atoms with Gasteiger partial charge in [-0.1, -0.05) is 25.4 Å². The molecule has 5 heteroatoms. The van der Waals surface area contributed by atoms with Crippen molar-refractivity contribution in [1.82, 2.24) is 9.88 Å². The van der Waals surface area contributed by atoms with E-state index in [1.807, 2.05) is 4.90 Å². The third-order valence-electron chi connectivity index (χ3n) is 3.26. The van der Waals surface area contributed by atoms with E-state index in [1.165, 1.54) is 0 Å². The molecule has 1 aromatic rings. The maximum atomic E-state index is 12.4. The number of pyridine rings is 1. The Labute approximate surface area is 112 Å². The van der Waals surface area contributed by atoms with E-state index in [9.17, 15) is 4.79 Å². The van der Waals surface area contributed by atoms with Gasteiger partial charge < -0.3 is 10.6 Å². The number of hydrogen-bond donors (Lipinski definition) is 1. The number of rotatable bonds is 1. The molecular formula is C13H18ClN3O. The lowest BCUT2D eigenvalue weighted by molar-refractivity contribution is 0.0578. The van der Waals surface area contributed by atoms with Gasteiger partial charge in [0.05, 0.1) is 5.02 Å². The quantitative estimate of drug-likeness (QED) is 0.851. The van der Waals surface area contributed by atoms with Gasteiger partial charge in [0.1, 0.15) is 11.5 Å². The third-order valence-corrected chi connectivity index (χ3v) is 3.56. The van der Waals surface area contributed by atoms with E-state index >= 15 is 0 Å². The number of likely N-dealkylation sites (tertiary alicyclic amines) is 1. The van der Waals surface area contributed by atoms with Crippen molar-refractivity contribution in [3.05, 3.63) is 22.8 Å². The van der Waals surface area contributed by atoms with Crippen LogP contribution < -0.4 is 5.73 Å². The van der Waals surface area contributed by atoms with E-state index in [2.05, 4.69) is 18.8 Å². The second-order valence-corrected chi connectivity index (χ2v) is 5.97. The highest BCUT2D eigenvalue weighted by atomic mass is 35.5. The molecule has 2 N–H and O–H groups in total. The second-order valence-electron chi connectivity index (χ2n) is 5.56. The molecule has 0 bridgehead atoms. The summed E-state index contributed by atoms with van der Waals surface area (Å²) in [6.45, 7) is 5.83. The van der Waals surface area contributed by atoms with Crippen molar-refractivity contribution in [2.75, 3.05) is 18.8 Å². The Morgan fingerprint density at radius 2 is 2.22 bits per heavy atom. The Hall–Kier alpha value is -1.29. The summed E-state index contributed by atoms with van der Waals surface area (Å²) in [6.07, 6.45) is 2.15. The van der Waals surface area contributed by atoms with Crippen molar-refractivity contribution in [2.24, 2.45) is 5.41 Å².